The zero-order valence-electron chi connectivity index (χ0n) is 14.4. The van der Waals surface area contributed by atoms with Crippen LogP contribution in [0.1, 0.15) is 25.3 Å². The van der Waals surface area contributed by atoms with Crippen LogP contribution in [-0.4, -0.2) is 63.3 Å². The number of hydrogen-bond acceptors (Lipinski definition) is 7. The number of aliphatic hydroxyl groups is 1. The van der Waals surface area contributed by atoms with Crippen LogP contribution < -0.4 is 10.6 Å². The highest BCUT2D eigenvalue weighted by Gasteiger charge is 2.25. The largest absolute Gasteiger partial charge is 0.389 e. The SMILES string of the molecule is O[C@@H]1COCC[C@@H]1Nc1ncc(Cl)c(-c2cnn(C3CCNCC3)c2)n1. The molecule has 3 N–H and O–H groups in total. The molecule has 8 nitrogen and oxygen atoms in total. The highest BCUT2D eigenvalue weighted by molar-refractivity contribution is 6.32. The number of nitrogens with zero attached hydrogens (tertiary/aromatic N) is 4. The van der Waals surface area contributed by atoms with E-state index in [4.69, 9.17) is 16.3 Å². The lowest BCUT2D eigenvalue weighted by atomic mass is 10.1. The third-order valence-corrected chi connectivity index (χ3v) is 5.22. The van der Waals surface area contributed by atoms with Gasteiger partial charge < -0.3 is 20.5 Å². The van der Waals surface area contributed by atoms with Crippen LogP contribution >= 0.6 is 11.6 Å². The van der Waals surface area contributed by atoms with E-state index in [0.717, 1.165) is 31.5 Å². The van der Waals surface area contributed by atoms with Gasteiger partial charge in [-0.3, -0.25) is 4.68 Å². The van der Waals surface area contributed by atoms with Gasteiger partial charge in [0.05, 0.1) is 47.9 Å². The van der Waals surface area contributed by atoms with Crippen molar-refractivity contribution in [3.8, 4) is 11.3 Å². The van der Waals surface area contributed by atoms with Gasteiger partial charge in [-0.25, -0.2) is 9.97 Å². The molecule has 0 aliphatic carbocycles. The van der Waals surface area contributed by atoms with Gasteiger partial charge in [0.1, 0.15) is 0 Å². The molecule has 2 aromatic heterocycles. The molecule has 4 rings (SSSR count). The summed E-state index contributed by atoms with van der Waals surface area (Å²) in [5, 5.41) is 21.6. The summed E-state index contributed by atoms with van der Waals surface area (Å²) in [6.45, 7) is 2.95. The Bertz CT molecular complexity index is 749. The zero-order valence-corrected chi connectivity index (χ0v) is 15.2. The first-order valence-corrected chi connectivity index (χ1v) is 9.38. The predicted molar refractivity (Wildman–Crippen MR) is 98.3 cm³/mol. The standard InChI is InChI=1S/C17H23ClN6O2/c18-13-8-20-17(22-14-3-6-26-10-15(14)25)23-16(13)11-7-21-24(9-11)12-1-4-19-5-2-12/h7-9,12,14-15,19,25H,1-6,10H2,(H,20,22,23)/t14-,15+/m0/s1. The van der Waals surface area contributed by atoms with Gasteiger partial charge in [0.15, 0.2) is 0 Å². The molecule has 2 aliphatic heterocycles. The van der Waals surface area contributed by atoms with Crippen molar-refractivity contribution in [3.05, 3.63) is 23.6 Å². The number of rotatable bonds is 4. The van der Waals surface area contributed by atoms with E-state index >= 15 is 0 Å². The first kappa shape index (κ1) is 17.7. The first-order chi connectivity index (χ1) is 12.7. The Kier molecular flexibility index (Phi) is 5.35. The monoisotopic (exact) mass is 378 g/mol. The van der Waals surface area contributed by atoms with E-state index < -0.39 is 6.10 Å². The summed E-state index contributed by atoms with van der Waals surface area (Å²) >= 11 is 6.33. The molecule has 2 fully saturated rings. The van der Waals surface area contributed by atoms with Crippen LogP contribution in [-0.2, 0) is 4.74 Å². The molecule has 140 valence electrons. The van der Waals surface area contributed by atoms with Crippen molar-refractivity contribution in [1.82, 2.24) is 25.1 Å². The summed E-state index contributed by atoms with van der Waals surface area (Å²) in [7, 11) is 0. The molecule has 0 radical (unpaired) electrons. The second kappa shape index (κ2) is 7.87. The molecule has 2 atom stereocenters. The van der Waals surface area contributed by atoms with Gasteiger partial charge in [-0.1, -0.05) is 11.6 Å². The van der Waals surface area contributed by atoms with Gasteiger partial charge in [0.25, 0.3) is 0 Å². The minimum Gasteiger partial charge on any atom is -0.389 e. The number of nitrogens with one attached hydrogen (secondary N) is 2. The smallest absolute Gasteiger partial charge is 0.223 e. The fraction of sp³-hybridized carbons (Fsp3) is 0.588. The molecule has 2 saturated heterocycles. The van der Waals surface area contributed by atoms with Crippen molar-refractivity contribution >= 4 is 17.5 Å². The van der Waals surface area contributed by atoms with Crippen LogP contribution in [0.5, 0.6) is 0 Å². The number of ether oxygens (including phenoxy) is 1. The Hall–Kier alpha value is -1.74. The van der Waals surface area contributed by atoms with E-state index in [0.29, 0.717) is 42.3 Å². The number of anilines is 1. The average molecular weight is 379 g/mol. The van der Waals surface area contributed by atoms with Gasteiger partial charge in [-0.05, 0) is 32.4 Å². The molecular weight excluding hydrogens is 356 g/mol. The molecule has 0 saturated carbocycles. The number of hydrogen-bond donors (Lipinski definition) is 3. The summed E-state index contributed by atoms with van der Waals surface area (Å²) in [5.74, 6) is 0.449. The molecule has 9 heteroatoms. The van der Waals surface area contributed by atoms with E-state index in [1.807, 2.05) is 10.9 Å². The van der Waals surface area contributed by atoms with Crippen LogP contribution in [0, 0.1) is 0 Å². The highest BCUT2D eigenvalue weighted by atomic mass is 35.5. The minimum atomic E-state index is -0.575. The first-order valence-electron chi connectivity index (χ1n) is 9.01. The maximum atomic E-state index is 10.0. The fourth-order valence-corrected chi connectivity index (χ4v) is 3.63. The minimum absolute atomic E-state index is 0.129. The van der Waals surface area contributed by atoms with Crippen molar-refractivity contribution in [2.75, 3.05) is 31.6 Å². The van der Waals surface area contributed by atoms with Gasteiger partial charge in [0.2, 0.25) is 5.95 Å². The lowest BCUT2D eigenvalue weighted by Gasteiger charge is -2.28. The number of aromatic nitrogens is 4. The van der Waals surface area contributed by atoms with E-state index in [2.05, 4.69) is 25.7 Å². The molecule has 0 aromatic carbocycles. The topological polar surface area (TPSA) is 97.1 Å². The number of aliphatic hydroxyl groups excluding tert-OH is 1. The molecule has 4 heterocycles. The van der Waals surface area contributed by atoms with E-state index in [9.17, 15) is 5.11 Å². The molecule has 26 heavy (non-hydrogen) atoms. The number of halogens is 1. The number of piperidine rings is 1. The lowest BCUT2D eigenvalue weighted by Crippen LogP contribution is -2.42. The molecule has 0 unspecified atom stereocenters. The summed E-state index contributed by atoms with van der Waals surface area (Å²) in [6, 6.07) is 0.274. The lowest BCUT2D eigenvalue weighted by molar-refractivity contribution is -0.0136. The Labute approximate surface area is 156 Å². The van der Waals surface area contributed by atoms with Crippen molar-refractivity contribution in [1.29, 1.82) is 0 Å². The van der Waals surface area contributed by atoms with Gasteiger partial charge in [0, 0.05) is 18.4 Å². The van der Waals surface area contributed by atoms with Crippen molar-refractivity contribution < 1.29 is 9.84 Å². The van der Waals surface area contributed by atoms with Gasteiger partial charge in [-0.2, -0.15) is 5.10 Å². The molecule has 0 spiro atoms. The summed E-state index contributed by atoms with van der Waals surface area (Å²) < 4.78 is 7.26. The van der Waals surface area contributed by atoms with Gasteiger partial charge >= 0.3 is 0 Å². The van der Waals surface area contributed by atoms with Crippen molar-refractivity contribution in [2.45, 2.75) is 37.5 Å². The second-order valence-corrected chi connectivity index (χ2v) is 7.17. The molecule has 0 bridgehead atoms. The molecule has 0 amide bonds. The fourth-order valence-electron chi connectivity index (χ4n) is 3.43. The normalized spacial score (nSPS) is 24.5. The van der Waals surface area contributed by atoms with Crippen LogP contribution in [0.25, 0.3) is 11.3 Å². The van der Waals surface area contributed by atoms with E-state index in [1.165, 1.54) is 0 Å². The zero-order chi connectivity index (χ0) is 17.9. The van der Waals surface area contributed by atoms with Crippen LogP contribution in [0.3, 0.4) is 0 Å². The Morgan fingerprint density at radius 3 is 2.92 bits per heavy atom. The van der Waals surface area contributed by atoms with Crippen LogP contribution in [0.4, 0.5) is 5.95 Å². The van der Waals surface area contributed by atoms with Crippen LogP contribution in [0.2, 0.25) is 5.02 Å². The van der Waals surface area contributed by atoms with Gasteiger partial charge in [-0.15, -0.1) is 0 Å². The molecule has 2 aliphatic rings. The maximum Gasteiger partial charge on any atom is 0.223 e. The Morgan fingerprint density at radius 2 is 2.12 bits per heavy atom. The highest BCUT2D eigenvalue weighted by Crippen LogP contribution is 2.28. The average Bonchev–Trinajstić information content (AvgIpc) is 3.16. The molecular formula is C17H23ClN6O2. The molecule has 2 aromatic rings. The maximum absolute atomic E-state index is 10.0. The van der Waals surface area contributed by atoms with Crippen molar-refractivity contribution in [2.24, 2.45) is 0 Å². The second-order valence-electron chi connectivity index (χ2n) is 6.76. The van der Waals surface area contributed by atoms with E-state index in [-0.39, 0.29) is 6.04 Å². The van der Waals surface area contributed by atoms with E-state index in [1.54, 1.807) is 12.4 Å². The predicted octanol–water partition coefficient (Wildman–Crippen LogP) is 1.48. The summed E-state index contributed by atoms with van der Waals surface area (Å²) in [6.07, 6.45) is 7.63. The summed E-state index contributed by atoms with van der Waals surface area (Å²) in [5.41, 5.74) is 1.51. The quantitative estimate of drug-likeness (QED) is 0.741. The Morgan fingerprint density at radius 1 is 1.27 bits per heavy atom. The third-order valence-electron chi connectivity index (χ3n) is 4.94. The van der Waals surface area contributed by atoms with Crippen molar-refractivity contribution in [3.63, 3.8) is 0 Å². The Balaban J connectivity index is 1.53. The van der Waals surface area contributed by atoms with Crippen LogP contribution in [0.15, 0.2) is 18.6 Å². The third kappa shape index (κ3) is 3.83. The summed E-state index contributed by atoms with van der Waals surface area (Å²) in [4.78, 5) is 8.81.